The van der Waals surface area contributed by atoms with E-state index in [-0.39, 0.29) is 5.91 Å². The SMILES string of the molecule is CCc1nccn1CCC(=O)Nc1ccc(N2CCCC2)c2ncccc12. The molecule has 3 aromatic rings. The largest absolute Gasteiger partial charge is 0.370 e. The average Bonchev–Trinajstić information content (AvgIpc) is 3.38. The summed E-state index contributed by atoms with van der Waals surface area (Å²) in [5.74, 6) is 1.01. The van der Waals surface area contributed by atoms with Crippen molar-refractivity contribution in [3.05, 3.63) is 48.7 Å². The fraction of sp³-hybridized carbons (Fsp3) is 0.381. The van der Waals surface area contributed by atoms with E-state index < -0.39 is 0 Å². The molecule has 140 valence electrons. The quantitative estimate of drug-likeness (QED) is 0.726. The lowest BCUT2D eigenvalue weighted by atomic mass is 10.1. The Kier molecular flexibility index (Phi) is 5.05. The molecule has 1 fully saturated rings. The number of anilines is 2. The zero-order chi connectivity index (χ0) is 18.6. The maximum absolute atomic E-state index is 12.5. The van der Waals surface area contributed by atoms with Gasteiger partial charge < -0.3 is 14.8 Å². The second kappa shape index (κ2) is 7.78. The summed E-state index contributed by atoms with van der Waals surface area (Å²) < 4.78 is 2.04. The van der Waals surface area contributed by atoms with E-state index in [9.17, 15) is 4.79 Å². The first-order valence-corrected chi connectivity index (χ1v) is 9.69. The molecule has 0 aliphatic carbocycles. The first-order chi connectivity index (χ1) is 13.3. The lowest BCUT2D eigenvalue weighted by molar-refractivity contribution is -0.116. The van der Waals surface area contributed by atoms with Crippen molar-refractivity contribution in [1.82, 2.24) is 14.5 Å². The third kappa shape index (κ3) is 3.65. The average molecular weight is 363 g/mol. The number of hydrogen-bond donors (Lipinski definition) is 1. The van der Waals surface area contributed by atoms with E-state index >= 15 is 0 Å². The Hall–Kier alpha value is -2.89. The molecule has 4 rings (SSSR count). The number of rotatable bonds is 6. The fourth-order valence-corrected chi connectivity index (χ4v) is 3.77. The van der Waals surface area contributed by atoms with Crippen LogP contribution < -0.4 is 10.2 Å². The fourth-order valence-electron chi connectivity index (χ4n) is 3.77. The van der Waals surface area contributed by atoms with Gasteiger partial charge in [-0.3, -0.25) is 9.78 Å². The van der Waals surface area contributed by atoms with Gasteiger partial charge in [0.2, 0.25) is 5.91 Å². The molecule has 0 spiro atoms. The highest BCUT2D eigenvalue weighted by Gasteiger charge is 2.17. The Morgan fingerprint density at radius 2 is 2.00 bits per heavy atom. The molecule has 1 aromatic carbocycles. The topological polar surface area (TPSA) is 63.1 Å². The van der Waals surface area contributed by atoms with Crippen LogP contribution in [0.1, 0.15) is 32.0 Å². The van der Waals surface area contributed by atoms with E-state index in [1.54, 1.807) is 6.20 Å². The van der Waals surface area contributed by atoms with Gasteiger partial charge in [0.1, 0.15) is 5.82 Å². The number of aryl methyl sites for hydroxylation is 2. The smallest absolute Gasteiger partial charge is 0.226 e. The molecule has 6 heteroatoms. The lowest BCUT2D eigenvalue weighted by Gasteiger charge is -2.20. The number of amides is 1. The second-order valence-corrected chi connectivity index (χ2v) is 6.91. The Labute approximate surface area is 159 Å². The molecule has 0 unspecified atom stereocenters. The number of aromatic nitrogens is 3. The molecule has 1 N–H and O–H groups in total. The molecular weight excluding hydrogens is 338 g/mol. The summed E-state index contributed by atoms with van der Waals surface area (Å²) in [6.45, 7) is 4.85. The van der Waals surface area contributed by atoms with Gasteiger partial charge in [-0.05, 0) is 37.1 Å². The van der Waals surface area contributed by atoms with E-state index in [1.165, 1.54) is 12.8 Å². The van der Waals surface area contributed by atoms with Gasteiger partial charge in [-0.2, -0.15) is 0 Å². The Balaban J connectivity index is 1.52. The van der Waals surface area contributed by atoms with Crippen molar-refractivity contribution in [2.75, 3.05) is 23.3 Å². The summed E-state index contributed by atoms with van der Waals surface area (Å²) in [4.78, 5) is 23.8. The molecule has 1 aliphatic heterocycles. The molecule has 1 aliphatic rings. The highest BCUT2D eigenvalue weighted by Crippen LogP contribution is 2.32. The molecule has 0 saturated carbocycles. The van der Waals surface area contributed by atoms with Gasteiger partial charge in [0, 0.05) is 56.5 Å². The van der Waals surface area contributed by atoms with Gasteiger partial charge in [-0.1, -0.05) is 6.92 Å². The number of benzene rings is 1. The minimum absolute atomic E-state index is 0.00447. The van der Waals surface area contributed by atoms with E-state index in [0.717, 1.165) is 47.6 Å². The standard InChI is InChI=1S/C21H25N5O/c1-2-19-22-11-15-26(19)14-9-20(27)24-17-7-8-18(25-12-3-4-13-25)21-16(17)6-5-10-23-21/h5-8,10-11,15H,2-4,9,12-14H2,1H3,(H,24,27). The molecule has 0 bridgehead atoms. The van der Waals surface area contributed by atoms with Crippen molar-refractivity contribution in [3.8, 4) is 0 Å². The van der Waals surface area contributed by atoms with Crippen molar-refractivity contribution in [3.63, 3.8) is 0 Å². The third-order valence-electron chi connectivity index (χ3n) is 5.17. The summed E-state index contributed by atoms with van der Waals surface area (Å²) in [6.07, 6.45) is 9.26. The summed E-state index contributed by atoms with van der Waals surface area (Å²) in [5, 5.41) is 4.06. The summed E-state index contributed by atoms with van der Waals surface area (Å²) in [7, 11) is 0. The van der Waals surface area contributed by atoms with Crippen molar-refractivity contribution >= 4 is 28.2 Å². The molecule has 27 heavy (non-hydrogen) atoms. The number of hydrogen-bond acceptors (Lipinski definition) is 4. The van der Waals surface area contributed by atoms with Crippen LogP contribution in [0.5, 0.6) is 0 Å². The van der Waals surface area contributed by atoms with Crippen molar-refractivity contribution in [2.45, 2.75) is 39.2 Å². The van der Waals surface area contributed by atoms with Crippen LogP contribution in [-0.2, 0) is 17.8 Å². The second-order valence-electron chi connectivity index (χ2n) is 6.91. The molecule has 3 heterocycles. The Morgan fingerprint density at radius 3 is 2.81 bits per heavy atom. The first kappa shape index (κ1) is 17.5. The van der Waals surface area contributed by atoms with E-state index in [1.807, 2.05) is 35.2 Å². The minimum atomic E-state index is 0.00447. The van der Waals surface area contributed by atoms with Crippen LogP contribution in [0.15, 0.2) is 42.9 Å². The molecule has 1 saturated heterocycles. The van der Waals surface area contributed by atoms with Crippen molar-refractivity contribution in [1.29, 1.82) is 0 Å². The lowest BCUT2D eigenvalue weighted by Crippen LogP contribution is -2.19. The number of fused-ring (bicyclic) bond motifs is 1. The monoisotopic (exact) mass is 363 g/mol. The van der Waals surface area contributed by atoms with Gasteiger partial charge in [-0.25, -0.2) is 4.98 Å². The van der Waals surface area contributed by atoms with Gasteiger partial charge in [-0.15, -0.1) is 0 Å². The maximum Gasteiger partial charge on any atom is 0.226 e. The van der Waals surface area contributed by atoms with Crippen LogP contribution in [0.4, 0.5) is 11.4 Å². The third-order valence-corrected chi connectivity index (χ3v) is 5.17. The van der Waals surface area contributed by atoms with Gasteiger partial charge in [0.25, 0.3) is 0 Å². The number of nitrogens with one attached hydrogen (secondary N) is 1. The van der Waals surface area contributed by atoms with E-state index in [2.05, 4.69) is 33.2 Å². The highest BCUT2D eigenvalue weighted by molar-refractivity contribution is 6.05. The van der Waals surface area contributed by atoms with Crippen molar-refractivity contribution in [2.24, 2.45) is 0 Å². The van der Waals surface area contributed by atoms with E-state index in [4.69, 9.17) is 0 Å². The minimum Gasteiger partial charge on any atom is -0.370 e. The number of pyridine rings is 1. The summed E-state index contributed by atoms with van der Waals surface area (Å²) >= 11 is 0. The Bertz CT molecular complexity index is 943. The predicted molar refractivity (Wildman–Crippen MR) is 108 cm³/mol. The molecular formula is C21H25N5O. The number of carbonyl (C=O) groups is 1. The zero-order valence-corrected chi connectivity index (χ0v) is 15.7. The molecule has 2 aromatic heterocycles. The van der Waals surface area contributed by atoms with Crippen LogP contribution in [0.3, 0.4) is 0 Å². The summed E-state index contributed by atoms with van der Waals surface area (Å²) in [6, 6.07) is 8.04. The molecule has 1 amide bonds. The molecule has 6 nitrogen and oxygen atoms in total. The van der Waals surface area contributed by atoms with Crippen LogP contribution in [0.25, 0.3) is 10.9 Å². The van der Waals surface area contributed by atoms with Gasteiger partial charge >= 0.3 is 0 Å². The normalized spacial score (nSPS) is 14.0. The maximum atomic E-state index is 12.5. The van der Waals surface area contributed by atoms with E-state index in [0.29, 0.717) is 13.0 Å². The van der Waals surface area contributed by atoms with Crippen LogP contribution in [0, 0.1) is 0 Å². The van der Waals surface area contributed by atoms with Crippen LogP contribution >= 0.6 is 0 Å². The number of imidazole rings is 1. The van der Waals surface area contributed by atoms with Crippen molar-refractivity contribution < 1.29 is 4.79 Å². The predicted octanol–water partition coefficient (Wildman–Crippen LogP) is 3.62. The van der Waals surface area contributed by atoms with Crippen LogP contribution in [-0.4, -0.2) is 33.5 Å². The Morgan fingerprint density at radius 1 is 1.15 bits per heavy atom. The zero-order valence-electron chi connectivity index (χ0n) is 15.7. The number of carbonyl (C=O) groups excluding carboxylic acids is 1. The van der Waals surface area contributed by atoms with Gasteiger partial charge in [0.05, 0.1) is 16.9 Å². The molecule has 0 radical (unpaired) electrons. The molecule has 0 atom stereocenters. The summed E-state index contributed by atoms with van der Waals surface area (Å²) in [5.41, 5.74) is 2.94. The first-order valence-electron chi connectivity index (χ1n) is 9.69. The number of nitrogens with zero attached hydrogens (tertiary/aromatic N) is 4. The highest BCUT2D eigenvalue weighted by atomic mass is 16.1. The van der Waals surface area contributed by atoms with Crippen LogP contribution in [0.2, 0.25) is 0 Å². The van der Waals surface area contributed by atoms with Gasteiger partial charge in [0.15, 0.2) is 0 Å².